The van der Waals surface area contributed by atoms with Gasteiger partial charge in [0.1, 0.15) is 0 Å². The average molecular weight is 197 g/mol. The largest absolute Gasteiger partial charge is 0.359 e. The molecule has 80 valence electrons. The molecule has 0 bridgehead atoms. The summed E-state index contributed by atoms with van der Waals surface area (Å²) in [6, 6.07) is 0. The maximum Gasteiger partial charge on any atom is 0.227 e. The third kappa shape index (κ3) is 1.91. The van der Waals surface area contributed by atoms with Crippen molar-refractivity contribution < 1.29 is 4.79 Å². The zero-order valence-corrected chi connectivity index (χ0v) is 8.81. The lowest BCUT2D eigenvalue weighted by Crippen LogP contribution is -2.48. The second-order valence-corrected chi connectivity index (χ2v) is 4.39. The van der Waals surface area contributed by atoms with Gasteiger partial charge in [-0.1, -0.05) is 0 Å². The maximum atomic E-state index is 11.6. The lowest BCUT2D eigenvalue weighted by molar-refractivity contribution is -0.126. The molecule has 2 fully saturated rings. The molecule has 1 amide bonds. The molecule has 2 N–H and O–H groups in total. The monoisotopic (exact) mass is 197 g/mol. The van der Waals surface area contributed by atoms with E-state index in [4.69, 9.17) is 0 Å². The van der Waals surface area contributed by atoms with Gasteiger partial charge in [0.2, 0.25) is 5.91 Å². The number of amides is 1. The summed E-state index contributed by atoms with van der Waals surface area (Å²) in [4.78, 5) is 14.0. The van der Waals surface area contributed by atoms with Crippen molar-refractivity contribution >= 4 is 5.91 Å². The van der Waals surface area contributed by atoms with Gasteiger partial charge in [0.25, 0.3) is 0 Å². The summed E-state index contributed by atoms with van der Waals surface area (Å²) in [5.41, 5.74) is -0.0356. The van der Waals surface area contributed by atoms with Gasteiger partial charge in [0.15, 0.2) is 0 Å². The summed E-state index contributed by atoms with van der Waals surface area (Å²) in [6.45, 7) is 5.24. The third-order valence-corrected chi connectivity index (χ3v) is 3.30. The molecule has 2 rings (SSSR count). The second-order valence-electron chi connectivity index (χ2n) is 4.39. The van der Waals surface area contributed by atoms with Crippen LogP contribution in [0.15, 0.2) is 0 Å². The van der Waals surface area contributed by atoms with Crippen LogP contribution in [0, 0.1) is 5.41 Å². The highest BCUT2D eigenvalue weighted by Crippen LogP contribution is 2.46. The first-order chi connectivity index (χ1) is 6.77. The van der Waals surface area contributed by atoms with Crippen LogP contribution in [-0.4, -0.2) is 50.6 Å². The van der Waals surface area contributed by atoms with E-state index in [0.29, 0.717) is 0 Å². The van der Waals surface area contributed by atoms with Crippen LogP contribution in [0.2, 0.25) is 0 Å². The fourth-order valence-corrected chi connectivity index (χ4v) is 2.17. The Kier molecular flexibility index (Phi) is 2.74. The first kappa shape index (κ1) is 9.93. The predicted molar refractivity (Wildman–Crippen MR) is 55.0 cm³/mol. The molecule has 0 aromatic heterocycles. The molecule has 0 unspecified atom stereocenters. The van der Waals surface area contributed by atoms with Gasteiger partial charge in [-0.15, -0.1) is 0 Å². The zero-order valence-electron chi connectivity index (χ0n) is 8.81. The van der Waals surface area contributed by atoms with Crippen LogP contribution in [0.3, 0.4) is 0 Å². The van der Waals surface area contributed by atoms with Gasteiger partial charge in [-0.3, -0.25) is 9.69 Å². The van der Waals surface area contributed by atoms with Crippen molar-refractivity contribution in [2.75, 3.05) is 39.8 Å². The molecule has 1 heterocycles. The fourth-order valence-electron chi connectivity index (χ4n) is 2.17. The Hall–Kier alpha value is -0.610. The van der Waals surface area contributed by atoms with Gasteiger partial charge in [-0.05, 0) is 12.8 Å². The molecule has 0 spiro atoms. The Balaban J connectivity index is 1.86. The van der Waals surface area contributed by atoms with Gasteiger partial charge < -0.3 is 10.6 Å². The van der Waals surface area contributed by atoms with Gasteiger partial charge in [-0.2, -0.15) is 0 Å². The van der Waals surface area contributed by atoms with Gasteiger partial charge in [0, 0.05) is 39.8 Å². The average Bonchev–Trinajstić information content (AvgIpc) is 2.99. The Morgan fingerprint density at radius 1 is 1.43 bits per heavy atom. The van der Waals surface area contributed by atoms with E-state index in [0.717, 1.165) is 45.6 Å². The van der Waals surface area contributed by atoms with E-state index >= 15 is 0 Å². The van der Waals surface area contributed by atoms with Gasteiger partial charge in [0.05, 0.1) is 5.41 Å². The number of carbonyl (C=O) groups excluding carboxylic acids is 1. The Morgan fingerprint density at radius 3 is 2.57 bits per heavy atom. The first-order valence-electron chi connectivity index (χ1n) is 5.42. The molecular formula is C10H19N3O. The van der Waals surface area contributed by atoms with E-state index in [9.17, 15) is 4.79 Å². The summed E-state index contributed by atoms with van der Waals surface area (Å²) in [6.07, 6.45) is 2.13. The molecule has 0 radical (unpaired) electrons. The van der Waals surface area contributed by atoms with Crippen molar-refractivity contribution in [2.45, 2.75) is 12.8 Å². The first-order valence-corrected chi connectivity index (χ1v) is 5.42. The van der Waals surface area contributed by atoms with E-state index < -0.39 is 0 Å². The molecule has 14 heavy (non-hydrogen) atoms. The van der Waals surface area contributed by atoms with Gasteiger partial charge >= 0.3 is 0 Å². The normalized spacial score (nSPS) is 25.8. The van der Waals surface area contributed by atoms with Crippen molar-refractivity contribution in [2.24, 2.45) is 5.41 Å². The molecule has 1 saturated heterocycles. The SMILES string of the molecule is CNC(=O)C1(CN2CCNCC2)CC1. The van der Waals surface area contributed by atoms with Gasteiger partial charge in [-0.25, -0.2) is 0 Å². The Morgan fingerprint density at radius 2 is 2.07 bits per heavy atom. The number of hydrogen-bond donors (Lipinski definition) is 2. The minimum Gasteiger partial charge on any atom is -0.359 e. The smallest absolute Gasteiger partial charge is 0.227 e. The van der Waals surface area contributed by atoms with Crippen LogP contribution in [0.1, 0.15) is 12.8 Å². The Bertz CT molecular complexity index is 219. The van der Waals surface area contributed by atoms with E-state index in [-0.39, 0.29) is 11.3 Å². The van der Waals surface area contributed by atoms with Crippen molar-refractivity contribution in [3.63, 3.8) is 0 Å². The van der Waals surface area contributed by atoms with Crippen molar-refractivity contribution in [1.29, 1.82) is 0 Å². The molecule has 1 aliphatic heterocycles. The summed E-state index contributed by atoms with van der Waals surface area (Å²) in [7, 11) is 1.74. The van der Waals surface area contributed by atoms with Crippen LogP contribution in [0.5, 0.6) is 0 Å². The highest BCUT2D eigenvalue weighted by molar-refractivity contribution is 5.85. The molecular weight excluding hydrogens is 178 g/mol. The number of carbonyl (C=O) groups is 1. The highest BCUT2D eigenvalue weighted by atomic mass is 16.2. The molecule has 0 atom stereocenters. The lowest BCUT2D eigenvalue weighted by Gasteiger charge is -2.30. The summed E-state index contributed by atoms with van der Waals surface area (Å²) >= 11 is 0. The zero-order chi connectivity index (χ0) is 10.0. The fraction of sp³-hybridized carbons (Fsp3) is 0.900. The number of rotatable bonds is 3. The third-order valence-electron chi connectivity index (χ3n) is 3.30. The van der Waals surface area contributed by atoms with Crippen molar-refractivity contribution in [3.8, 4) is 0 Å². The Labute approximate surface area is 85.0 Å². The van der Waals surface area contributed by atoms with Crippen LogP contribution in [0.25, 0.3) is 0 Å². The number of nitrogens with zero attached hydrogens (tertiary/aromatic N) is 1. The number of piperazine rings is 1. The van der Waals surface area contributed by atoms with Crippen LogP contribution >= 0.6 is 0 Å². The molecule has 4 heteroatoms. The quantitative estimate of drug-likeness (QED) is 0.636. The standard InChI is InChI=1S/C10H19N3O/c1-11-9(14)10(2-3-10)8-13-6-4-12-5-7-13/h12H,2-8H2,1H3,(H,11,14). The van der Waals surface area contributed by atoms with E-state index in [1.807, 2.05) is 0 Å². The molecule has 4 nitrogen and oxygen atoms in total. The summed E-state index contributed by atoms with van der Waals surface area (Å²) in [5, 5.41) is 6.10. The number of hydrogen-bond acceptors (Lipinski definition) is 3. The van der Waals surface area contributed by atoms with Crippen LogP contribution < -0.4 is 10.6 Å². The summed E-state index contributed by atoms with van der Waals surface area (Å²) < 4.78 is 0. The maximum absolute atomic E-state index is 11.6. The topological polar surface area (TPSA) is 44.4 Å². The second kappa shape index (κ2) is 3.87. The number of nitrogens with one attached hydrogen (secondary N) is 2. The molecule has 0 aromatic carbocycles. The van der Waals surface area contributed by atoms with E-state index in [2.05, 4.69) is 15.5 Å². The van der Waals surface area contributed by atoms with E-state index in [1.165, 1.54) is 0 Å². The summed E-state index contributed by atoms with van der Waals surface area (Å²) in [5.74, 6) is 0.232. The molecule has 1 saturated carbocycles. The highest BCUT2D eigenvalue weighted by Gasteiger charge is 2.50. The lowest BCUT2D eigenvalue weighted by atomic mass is 10.1. The minimum absolute atomic E-state index is 0.0356. The van der Waals surface area contributed by atoms with Crippen LogP contribution in [0.4, 0.5) is 0 Å². The van der Waals surface area contributed by atoms with Crippen LogP contribution in [-0.2, 0) is 4.79 Å². The molecule has 1 aliphatic carbocycles. The van der Waals surface area contributed by atoms with Crippen molar-refractivity contribution in [1.82, 2.24) is 15.5 Å². The minimum atomic E-state index is -0.0356. The molecule has 0 aromatic rings. The van der Waals surface area contributed by atoms with E-state index in [1.54, 1.807) is 7.05 Å². The van der Waals surface area contributed by atoms with Crippen molar-refractivity contribution in [3.05, 3.63) is 0 Å². The predicted octanol–water partition coefficient (Wildman–Crippen LogP) is -0.582. The molecule has 2 aliphatic rings.